The fourth-order valence-corrected chi connectivity index (χ4v) is 3.20. The molecule has 0 aliphatic carbocycles. The lowest BCUT2D eigenvalue weighted by Crippen LogP contribution is -2.40. The molecular weight excluding hydrogens is 295 g/mol. The van der Waals surface area contributed by atoms with Gasteiger partial charge in [0.2, 0.25) is 5.76 Å². The number of carbonyl (C=O) groups excluding carboxylic acids is 1. The van der Waals surface area contributed by atoms with Gasteiger partial charge in [-0.05, 0) is 56.2 Å². The van der Waals surface area contributed by atoms with Gasteiger partial charge in [-0.3, -0.25) is 4.79 Å². The summed E-state index contributed by atoms with van der Waals surface area (Å²) in [4.78, 5) is 18.3. The number of aromatic nitrogens is 1. The van der Waals surface area contributed by atoms with Crippen molar-refractivity contribution >= 4 is 5.91 Å². The van der Waals surface area contributed by atoms with E-state index in [4.69, 9.17) is 4.42 Å². The van der Waals surface area contributed by atoms with Crippen LogP contribution in [0.2, 0.25) is 0 Å². The van der Waals surface area contributed by atoms with Gasteiger partial charge >= 0.3 is 0 Å². The second kappa shape index (κ2) is 6.94. The number of nitrogens with zero attached hydrogens (tertiary/aromatic N) is 2. The number of carbonyl (C=O) groups is 1. The first-order valence-electron chi connectivity index (χ1n) is 8.07. The van der Waals surface area contributed by atoms with Gasteiger partial charge in [0.25, 0.3) is 5.91 Å². The van der Waals surface area contributed by atoms with Crippen LogP contribution in [-0.2, 0) is 6.42 Å². The molecule has 1 fully saturated rings. The molecule has 1 aromatic heterocycles. The minimum Gasteiger partial charge on any atom is -0.438 e. The third-order valence-corrected chi connectivity index (χ3v) is 4.48. The molecule has 0 unspecified atom stereocenters. The van der Waals surface area contributed by atoms with E-state index in [0.717, 1.165) is 44.3 Å². The Morgan fingerprint density at radius 1 is 1.48 bits per heavy atom. The second-order valence-electron chi connectivity index (χ2n) is 6.19. The number of rotatable bonds is 4. The highest BCUT2D eigenvalue weighted by molar-refractivity contribution is 5.92. The minimum absolute atomic E-state index is 0.0737. The quantitative estimate of drug-likeness (QED) is 0.865. The first-order chi connectivity index (χ1) is 11.1. The molecule has 1 aliphatic heterocycles. The van der Waals surface area contributed by atoms with Crippen LogP contribution in [0.25, 0.3) is 0 Å². The van der Waals surface area contributed by atoms with Crippen molar-refractivity contribution in [3.8, 4) is 0 Å². The van der Waals surface area contributed by atoms with Gasteiger partial charge in [0.1, 0.15) is 5.82 Å². The van der Waals surface area contributed by atoms with E-state index < -0.39 is 0 Å². The zero-order chi connectivity index (χ0) is 16.2. The van der Waals surface area contributed by atoms with Crippen LogP contribution in [0.5, 0.6) is 0 Å². The SMILES string of the molecule is Cc1ncoc1C(=O)N1CCC[C@@H](CCc2cccc(F)c2)C1. The van der Waals surface area contributed by atoms with E-state index >= 15 is 0 Å². The lowest BCUT2D eigenvalue weighted by Gasteiger charge is -2.32. The highest BCUT2D eigenvalue weighted by atomic mass is 19.1. The lowest BCUT2D eigenvalue weighted by molar-refractivity contribution is 0.0635. The Morgan fingerprint density at radius 2 is 2.35 bits per heavy atom. The monoisotopic (exact) mass is 316 g/mol. The van der Waals surface area contributed by atoms with E-state index in [9.17, 15) is 9.18 Å². The fraction of sp³-hybridized carbons (Fsp3) is 0.444. The van der Waals surface area contributed by atoms with Crippen LogP contribution in [0.4, 0.5) is 4.39 Å². The molecule has 2 heterocycles. The van der Waals surface area contributed by atoms with E-state index in [2.05, 4.69) is 4.98 Å². The Morgan fingerprint density at radius 3 is 3.09 bits per heavy atom. The van der Waals surface area contributed by atoms with Gasteiger partial charge in [0.15, 0.2) is 6.39 Å². The summed E-state index contributed by atoms with van der Waals surface area (Å²) >= 11 is 0. The smallest absolute Gasteiger partial charge is 0.291 e. The van der Waals surface area contributed by atoms with Crippen molar-refractivity contribution in [3.05, 3.63) is 53.5 Å². The van der Waals surface area contributed by atoms with E-state index in [0.29, 0.717) is 17.4 Å². The molecule has 0 spiro atoms. The van der Waals surface area contributed by atoms with Crippen LogP contribution in [0.15, 0.2) is 35.1 Å². The van der Waals surface area contributed by atoms with E-state index in [-0.39, 0.29) is 11.7 Å². The van der Waals surface area contributed by atoms with Crippen molar-refractivity contribution in [2.75, 3.05) is 13.1 Å². The number of piperidine rings is 1. The molecule has 0 saturated carbocycles. The predicted octanol–water partition coefficient (Wildman–Crippen LogP) is 3.61. The topological polar surface area (TPSA) is 46.3 Å². The van der Waals surface area contributed by atoms with E-state index in [1.807, 2.05) is 11.0 Å². The molecule has 1 amide bonds. The predicted molar refractivity (Wildman–Crippen MR) is 84.6 cm³/mol. The largest absolute Gasteiger partial charge is 0.438 e. The summed E-state index contributed by atoms with van der Waals surface area (Å²) in [6.07, 6.45) is 5.21. The maximum atomic E-state index is 13.2. The number of likely N-dealkylation sites (tertiary alicyclic amines) is 1. The van der Waals surface area contributed by atoms with E-state index in [1.165, 1.54) is 12.5 Å². The lowest BCUT2D eigenvalue weighted by atomic mass is 9.91. The molecule has 1 aromatic carbocycles. The first-order valence-corrected chi connectivity index (χ1v) is 8.07. The molecule has 122 valence electrons. The third-order valence-electron chi connectivity index (χ3n) is 4.48. The second-order valence-corrected chi connectivity index (χ2v) is 6.19. The van der Waals surface area contributed by atoms with Crippen molar-refractivity contribution in [1.29, 1.82) is 0 Å². The highest BCUT2D eigenvalue weighted by Crippen LogP contribution is 2.23. The van der Waals surface area contributed by atoms with Crippen LogP contribution in [-0.4, -0.2) is 28.9 Å². The third kappa shape index (κ3) is 3.78. The van der Waals surface area contributed by atoms with Gasteiger partial charge in [-0.1, -0.05) is 12.1 Å². The number of amides is 1. The van der Waals surface area contributed by atoms with Gasteiger partial charge in [-0.25, -0.2) is 9.37 Å². The average Bonchev–Trinajstić information content (AvgIpc) is 2.99. The van der Waals surface area contributed by atoms with Gasteiger partial charge in [-0.15, -0.1) is 0 Å². The Labute approximate surface area is 135 Å². The fourth-order valence-electron chi connectivity index (χ4n) is 3.20. The zero-order valence-corrected chi connectivity index (χ0v) is 13.3. The Bertz CT molecular complexity index is 683. The van der Waals surface area contributed by atoms with Gasteiger partial charge in [0, 0.05) is 13.1 Å². The number of hydrogen-bond acceptors (Lipinski definition) is 3. The summed E-state index contributed by atoms with van der Waals surface area (Å²) in [5.41, 5.74) is 1.65. The molecule has 5 heteroatoms. The van der Waals surface area contributed by atoms with Crippen molar-refractivity contribution < 1.29 is 13.6 Å². The molecule has 3 rings (SSSR count). The summed E-state index contributed by atoms with van der Waals surface area (Å²) in [6, 6.07) is 6.74. The van der Waals surface area contributed by atoms with Crippen molar-refractivity contribution in [1.82, 2.24) is 9.88 Å². The number of aryl methyl sites for hydroxylation is 2. The van der Waals surface area contributed by atoms with Gasteiger partial charge in [-0.2, -0.15) is 0 Å². The summed E-state index contributed by atoms with van der Waals surface area (Å²) in [5.74, 6) is 0.522. The maximum Gasteiger partial charge on any atom is 0.291 e. The van der Waals surface area contributed by atoms with Crippen molar-refractivity contribution in [2.45, 2.75) is 32.6 Å². The van der Waals surface area contributed by atoms with Crippen molar-refractivity contribution in [2.24, 2.45) is 5.92 Å². The number of hydrogen-bond donors (Lipinski definition) is 0. The van der Waals surface area contributed by atoms with Crippen LogP contribution >= 0.6 is 0 Å². The standard InChI is InChI=1S/C18H21FN2O2/c1-13-17(23-12-20-13)18(22)21-9-3-5-15(11-21)8-7-14-4-2-6-16(19)10-14/h2,4,6,10,12,15H,3,5,7-9,11H2,1H3/t15-/m0/s1. The summed E-state index contributed by atoms with van der Waals surface area (Å²) in [7, 11) is 0. The Hall–Kier alpha value is -2.17. The molecule has 1 atom stereocenters. The minimum atomic E-state index is -0.191. The molecule has 0 N–H and O–H groups in total. The van der Waals surface area contributed by atoms with Gasteiger partial charge < -0.3 is 9.32 Å². The summed E-state index contributed by atoms with van der Waals surface area (Å²) in [6.45, 7) is 3.27. The molecule has 0 radical (unpaired) electrons. The van der Waals surface area contributed by atoms with Crippen LogP contribution in [0.3, 0.4) is 0 Å². The van der Waals surface area contributed by atoms with Crippen LogP contribution < -0.4 is 0 Å². The molecular formula is C18H21FN2O2. The molecule has 23 heavy (non-hydrogen) atoms. The maximum absolute atomic E-state index is 13.2. The summed E-state index contributed by atoms with van der Waals surface area (Å²) in [5, 5.41) is 0. The van der Waals surface area contributed by atoms with Crippen LogP contribution in [0.1, 0.15) is 41.1 Å². The number of halogens is 1. The van der Waals surface area contributed by atoms with E-state index in [1.54, 1.807) is 19.1 Å². The first kappa shape index (κ1) is 15.7. The molecule has 1 saturated heterocycles. The zero-order valence-electron chi connectivity index (χ0n) is 13.3. The molecule has 0 bridgehead atoms. The molecule has 4 nitrogen and oxygen atoms in total. The molecule has 1 aliphatic rings. The average molecular weight is 316 g/mol. The molecule has 2 aromatic rings. The Kier molecular flexibility index (Phi) is 4.74. The van der Waals surface area contributed by atoms with Crippen molar-refractivity contribution in [3.63, 3.8) is 0 Å². The van der Waals surface area contributed by atoms with Gasteiger partial charge in [0.05, 0.1) is 5.69 Å². The number of oxazole rings is 1. The van der Waals surface area contributed by atoms with Crippen LogP contribution in [0, 0.1) is 18.7 Å². The normalized spacial score (nSPS) is 18.2. The Balaban J connectivity index is 1.58. The summed E-state index contributed by atoms with van der Waals surface area (Å²) < 4.78 is 18.4. The highest BCUT2D eigenvalue weighted by Gasteiger charge is 2.27. The number of benzene rings is 1.